The first-order chi connectivity index (χ1) is 18.7. The minimum absolute atomic E-state index is 0.0762. The van der Waals surface area contributed by atoms with Gasteiger partial charge in [0.05, 0.1) is 22.6 Å². The molecule has 8 heteroatoms. The van der Waals surface area contributed by atoms with Crippen molar-refractivity contribution in [1.82, 2.24) is 9.47 Å². The summed E-state index contributed by atoms with van der Waals surface area (Å²) in [6.45, 7) is 1.76. The number of alkyl halides is 3. The summed E-state index contributed by atoms with van der Waals surface area (Å²) < 4.78 is 42.1. The predicted molar refractivity (Wildman–Crippen MR) is 142 cm³/mol. The quantitative estimate of drug-likeness (QED) is 0.295. The number of carbonyl (C=O) groups excluding carboxylic acids is 2. The van der Waals surface area contributed by atoms with Gasteiger partial charge in [0.2, 0.25) is 5.91 Å². The molecule has 6 rings (SSSR count). The van der Waals surface area contributed by atoms with Crippen molar-refractivity contribution in [1.29, 1.82) is 0 Å². The van der Waals surface area contributed by atoms with Gasteiger partial charge in [-0.3, -0.25) is 14.5 Å². The van der Waals surface area contributed by atoms with E-state index in [0.717, 1.165) is 34.6 Å². The Morgan fingerprint density at radius 1 is 0.897 bits per heavy atom. The number of hydrogen-bond donors (Lipinski definition) is 0. The molecule has 2 heterocycles. The van der Waals surface area contributed by atoms with E-state index in [1.54, 1.807) is 4.90 Å². The van der Waals surface area contributed by atoms with Crippen LogP contribution in [0, 0.1) is 6.92 Å². The second-order valence-electron chi connectivity index (χ2n) is 10.1. The summed E-state index contributed by atoms with van der Waals surface area (Å²) in [4.78, 5) is 30.9. The molecule has 2 amide bonds. The lowest BCUT2D eigenvalue weighted by Crippen LogP contribution is -2.47. The number of rotatable bonds is 5. The van der Waals surface area contributed by atoms with Crippen molar-refractivity contribution in [2.45, 2.75) is 38.0 Å². The standard InChI is InChI=1S/C31H26F3N3O2/c1-20-7-4-8-21(17-20)29-27-13-6-16-35(27)25-11-2-3-12-26(25)37(29)28(38)19-36(24-14-15-24)30(39)22-9-5-10-23(18-22)31(32,33)34/h2-13,16-18,24,29H,14-15,19H2,1H3. The molecule has 0 spiro atoms. The summed E-state index contributed by atoms with van der Waals surface area (Å²) in [5, 5.41) is 0. The highest BCUT2D eigenvalue weighted by Gasteiger charge is 2.40. The maximum atomic E-state index is 14.2. The SMILES string of the molecule is Cc1cccc(C2c3cccn3-c3ccccc3N2C(=O)CN(C(=O)c2cccc(C(F)(F)F)c2)C2CC2)c1. The third-order valence-corrected chi connectivity index (χ3v) is 7.34. The van der Waals surface area contributed by atoms with Crippen LogP contribution >= 0.6 is 0 Å². The summed E-state index contributed by atoms with van der Waals surface area (Å²) in [7, 11) is 0. The van der Waals surface area contributed by atoms with Gasteiger partial charge in [-0.05, 0) is 67.8 Å². The van der Waals surface area contributed by atoms with E-state index in [1.807, 2.05) is 73.8 Å². The van der Waals surface area contributed by atoms with Crippen molar-refractivity contribution in [3.05, 3.63) is 119 Å². The number of anilines is 1. The van der Waals surface area contributed by atoms with Crippen LogP contribution in [-0.4, -0.2) is 33.9 Å². The Labute approximate surface area is 224 Å². The van der Waals surface area contributed by atoms with Crippen LogP contribution in [0.4, 0.5) is 18.9 Å². The Hall–Kier alpha value is -4.33. The smallest absolute Gasteiger partial charge is 0.326 e. The molecule has 1 aromatic heterocycles. The third kappa shape index (κ3) is 4.60. The molecule has 4 aromatic rings. The fourth-order valence-electron chi connectivity index (χ4n) is 5.39. The van der Waals surface area contributed by atoms with Gasteiger partial charge in [-0.1, -0.05) is 48.0 Å². The Bertz CT molecular complexity index is 1570. The van der Waals surface area contributed by atoms with E-state index in [9.17, 15) is 22.8 Å². The van der Waals surface area contributed by atoms with Gasteiger partial charge in [0, 0.05) is 17.8 Å². The summed E-state index contributed by atoms with van der Waals surface area (Å²) in [5.74, 6) is -0.869. The molecule has 3 aromatic carbocycles. The molecule has 0 saturated heterocycles. The number of aromatic nitrogens is 1. The Morgan fingerprint density at radius 2 is 1.64 bits per heavy atom. The van der Waals surface area contributed by atoms with Crippen molar-refractivity contribution < 1.29 is 22.8 Å². The molecule has 5 nitrogen and oxygen atoms in total. The van der Waals surface area contributed by atoms with Crippen LogP contribution in [0.15, 0.2) is 91.1 Å². The van der Waals surface area contributed by atoms with Gasteiger partial charge in [-0.2, -0.15) is 13.2 Å². The number of amides is 2. The minimum Gasteiger partial charge on any atom is -0.326 e. The predicted octanol–water partition coefficient (Wildman–Crippen LogP) is 6.55. The molecule has 198 valence electrons. The van der Waals surface area contributed by atoms with Crippen LogP contribution in [0.3, 0.4) is 0 Å². The summed E-state index contributed by atoms with van der Waals surface area (Å²) in [6.07, 6.45) is -1.19. The van der Waals surface area contributed by atoms with Crippen LogP contribution in [0.25, 0.3) is 5.69 Å². The molecule has 1 atom stereocenters. The molecular weight excluding hydrogens is 503 g/mol. The molecule has 1 fully saturated rings. The minimum atomic E-state index is -4.57. The zero-order valence-corrected chi connectivity index (χ0v) is 21.2. The third-order valence-electron chi connectivity index (χ3n) is 7.34. The van der Waals surface area contributed by atoms with Crippen molar-refractivity contribution in [3.8, 4) is 5.69 Å². The maximum absolute atomic E-state index is 14.2. The molecule has 1 saturated carbocycles. The molecule has 1 unspecified atom stereocenters. The van der Waals surface area contributed by atoms with Crippen molar-refractivity contribution in [3.63, 3.8) is 0 Å². The van der Waals surface area contributed by atoms with Crippen molar-refractivity contribution in [2.75, 3.05) is 11.4 Å². The fraction of sp³-hybridized carbons (Fsp3) is 0.226. The van der Waals surface area contributed by atoms with Crippen LogP contribution < -0.4 is 4.90 Å². The maximum Gasteiger partial charge on any atom is 0.416 e. The molecule has 0 radical (unpaired) electrons. The molecule has 1 aliphatic heterocycles. The number of fused-ring (bicyclic) bond motifs is 3. The van der Waals surface area contributed by atoms with Crippen LogP contribution in [-0.2, 0) is 11.0 Å². The first kappa shape index (κ1) is 25.0. The van der Waals surface area contributed by atoms with Gasteiger partial charge in [0.25, 0.3) is 5.91 Å². The van der Waals surface area contributed by atoms with E-state index < -0.39 is 23.7 Å². The lowest BCUT2D eigenvalue weighted by molar-refractivity contribution is -0.137. The lowest BCUT2D eigenvalue weighted by Gasteiger charge is -2.39. The normalized spacial score (nSPS) is 16.4. The van der Waals surface area contributed by atoms with Crippen LogP contribution in [0.5, 0.6) is 0 Å². The average Bonchev–Trinajstić information content (AvgIpc) is 3.65. The summed E-state index contributed by atoms with van der Waals surface area (Å²) in [6, 6.07) is 23.3. The zero-order valence-electron chi connectivity index (χ0n) is 21.2. The molecule has 0 bridgehead atoms. The van der Waals surface area contributed by atoms with Gasteiger partial charge in [-0.25, -0.2) is 0 Å². The number of halogens is 3. The first-order valence-electron chi connectivity index (χ1n) is 12.9. The molecule has 2 aliphatic rings. The highest BCUT2D eigenvalue weighted by molar-refractivity contribution is 6.03. The molecule has 39 heavy (non-hydrogen) atoms. The topological polar surface area (TPSA) is 45.6 Å². The van der Waals surface area contributed by atoms with Gasteiger partial charge >= 0.3 is 6.18 Å². The van der Waals surface area contributed by atoms with Gasteiger partial charge in [-0.15, -0.1) is 0 Å². The number of benzene rings is 3. The number of hydrogen-bond acceptors (Lipinski definition) is 2. The molecular formula is C31H26F3N3O2. The van der Waals surface area contributed by atoms with Gasteiger partial charge < -0.3 is 9.47 Å². The Balaban J connectivity index is 1.39. The van der Waals surface area contributed by atoms with E-state index in [-0.39, 0.29) is 24.1 Å². The number of aryl methyl sites for hydroxylation is 1. The van der Waals surface area contributed by atoms with Gasteiger partial charge in [0.1, 0.15) is 12.6 Å². The van der Waals surface area contributed by atoms with E-state index in [4.69, 9.17) is 0 Å². The van der Waals surface area contributed by atoms with E-state index in [0.29, 0.717) is 18.5 Å². The second-order valence-corrected chi connectivity index (χ2v) is 10.1. The van der Waals surface area contributed by atoms with E-state index >= 15 is 0 Å². The average molecular weight is 530 g/mol. The van der Waals surface area contributed by atoms with E-state index in [1.165, 1.54) is 17.0 Å². The number of para-hydroxylation sites is 2. The Kier molecular flexibility index (Phi) is 6.05. The highest BCUT2D eigenvalue weighted by atomic mass is 19.4. The highest BCUT2D eigenvalue weighted by Crippen LogP contribution is 2.43. The second kappa shape index (κ2) is 9.45. The monoisotopic (exact) mass is 529 g/mol. The molecule has 1 aliphatic carbocycles. The van der Waals surface area contributed by atoms with Crippen LogP contribution in [0.2, 0.25) is 0 Å². The Morgan fingerprint density at radius 3 is 2.36 bits per heavy atom. The fourth-order valence-corrected chi connectivity index (χ4v) is 5.39. The summed E-state index contributed by atoms with van der Waals surface area (Å²) in [5.41, 5.74) is 3.48. The van der Waals surface area contributed by atoms with Crippen LogP contribution in [0.1, 0.15) is 51.6 Å². The first-order valence-corrected chi connectivity index (χ1v) is 12.9. The van der Waals surface area contributed by atoms with E-state index in [2.05, 4.69) is 4.57 Å². The largest absolute Gasteiger partial charge is 0.416 e. The number of nitrogens with zero attached hydrogens (tertiary/aromatic N) is 3. The van der Waals surface area contributed by atoms with Gasteiger partial charge in [0.15, 0.2) is 0 Å². The van der Waals surface area contributed by atoms with Crippen molar-refractivity contribution >= 4 is 17.5 Å². The summed E-state index contributed by atoms with van der Waals surface area (Å²) >= 11 is 0. The number of carbonyl (C=O) groups is 2. The molecule has 0 N–H and O–H groups in total. The lowest BCUT2D eigenvalue weighted by atomic mass is 9.96. The van der Waals surface area contributed by atoms with Crippen molar-refractivity contribution in [2.24, 2.45) is 0 Å². The zero-order chi connectivity index (χ0) is 27.3.